The third-order valence-electron chi connectivity index (χ3n) is 8.38. The van der Waals surface area contributed by atoms with E-state index in [1.54, 1.807) is 0 Å². The summed E-state index contributed by atoms with van der Waals surface area (Å²) in [5.41, 5.74) is 2.76. The normalized spacial score (nSPS) is 22.3. The lowest BCUT2D eigenvalue weighted by molar-refractivity contribution is -0.137. The summed E-state index contributed by atoms with van der Waals surface area (Å²) in [7, 11) is 0. The summed E-state index contributed by atoms with van der Waals surface area (Å²) in [5, 5.41) is 14.8. The largest absolute Gasteiger partial charge is 0.486 e. The van der Waals surface area contributed by atoms with Crippen LogP contribution < -0.4 is 19.5 Å². The van der Waals surface area contributed by atoms with Crippen LogP contribution in [-0.4, -0.2) is 42.8 Å². The highest BCUT2D eigenvalue weighted by Crippen LogP contribution is 2.44. The van der Waals surface area contributed by atoms with Crippen LogP contribution in [0.2, 0.25) is 0 Å². The van der Waals surface area contributed by atoms with Gasteiger partial charge in [-0.1, -0.05) is 30.7 Å². The van der Waals surface area contributed by atoms with Gasteiger partial charge in [-0.3, -0.25) is 9.59 Å². The lowest BCUT2D eigenvalue weighted by Gasteiger charge is -2.24. The molecular formula is C31H33NO6. The molecule has 0 radical (unpaired) electrons. The van der Waals surface area contributed by atoms with Gasteiger partial charge in [-0.15, -0.1) is 0 Å². The van der Waals surface area contributed by atoms with Crippen LogP contribution in [0.5, 0.6) is 17.2 Å². The second-order valence-electron chi connectivity index (χ2n) is 10.9. The minimum atomic E-state index is -0.872. The van der Waals surface area contributed by atoms with E-state index in [2.05, 4.69) is 5.32 Å². The van der Waals surface area contributed by atoms with Crippen LogP contribution in [0.4, 0.5) is 0 Å². The number of nitrogens with one attached hydrogen (secondary N) is 1. The van der Waals surface area contributed by atoms with Crippen molar-refractivity contribution in [2.75, 3.05) is 19.8 Å². The van der Waals surface area contributed by atoms with Gasteiger partial charge in [0.15, 0.2) is 18.1 Å². The number of hydrogen-bond acceptors (Lipinski definition) is 5. The summed E-state index contributed by atoms with van der Waals surface area (Å²) in [6.45, 7) is 2.93. The summed E-state index contributed by atoms with van der Waals surface area (Å²) < 4.78 is 17.3. The van der Waals surface area contributed by atoms with Crippen LogP contribution in [0.25, 0.3) is 10.8 Å². The minimum Gasteiger partial charge on any atom is -0.486 e. The number of carbonyl (C=O) groups is 2. The van der Waals surface area contributed by atoms with Crippen molar-refractivity contribution in [1.29, 1.82) is 0 Å². The zero-order valence-electron chi connectivity index (χ0n) is 21.6. The van der Waals surface area contributed by atoms with Crippen molar-refractivity contribution in [3.8, 4) is 17.2 Å². The molecule has 1 amide bonds. The van der Waals surface area contributed by atoms with E-state index in [-0.39, 0.29) is 24.9 Å². The first-order chi connectivity index (χ1) is 18.4. The topological polar surface area (TPSA) is 94.1 Å². The Kier molecular flexibility index (Phi) is 6.60. The number of carboxylic acid groups (broad SMARTS) is 1. The molecule has 1 heterocycles. The molecule has 0 spiro atoms. The van der Waals surface area contributed by atoms with E-state index in [1.807, 2.05) is 55.5 Å². The summed E-state index contributed by atoms with van der Waals surface area (Å²) in [4.78, 5) is 24.4. The quantitative estimate of drug-likeness (QED) is 0.428. The molecule has 0 aromatic heterocycles. The molecule has 6 rings (SSSR count). The highest BCUT2D eigenvalue weighted by molar-refractivity contribution is 5.85. The van der Waals surface area contributed by atoms with Gasteiger partial charge in [0.25, 0.3) is 5.91 Å². The first kappa shape index (κ1) is 24.6. The Balaban J connectivity index is 1.22. The average Bonchev–Trinajstić information content (AvgIpc) is 3.53. The highest BCUT2D eigenvalue weighted by Gasteiger charge is 2.40. The number of amides is 1. The Hall–Kier alpha value is -3.74. The molecular weight excluding hydrogens is 482 g/mol. The van der Waals surface area contributed by atoms with E-state index in [0.717, 1.165) is 39.8 Å². The summed E-state index contributed by atoms with van der Waals surface area (Å²) in [6, 6.07) is 15.9. The molecule has 0 saturated heterocycles. The number of fused-ring (bicyclic) bond motifs is 4. The molecule has 4 atom stereocenters. The number of aryl methyl sites for hydroxylation is 1. The van der Waals surface area contributed by atoms with Crippen molar-refractivity contribution in [2.45, 2.75) is 51.0 Å². The number of carbonyl (C=O) groups excluding carboxylic acids is 1. The van der Waals surface area contributed by atoms with E-state index in [1.165, 1.54) is 19.3 Å². The number of ether oxygens (including phenoxy) is 3. The molecule has 7 heteroatoms. The van der Waals surface area contributed by atoms with Crippen molar-refractivity contribution in [2.24, 2.45) is 11.8 Å². The maximum atomic E-state index is 12.5. The van der Waals surface area contributed by atoms with Gasteiger partial charge in [-0.05, 0) is 89.8 Å². The summed E-state index contributed by atoms with van der Waals surface area (Å²) in [5.74, 6) is 2.04. The van der Waals surface area contributed by atoms with Crippen LogP contribution in [0.3, 0.4) is 0 Å². The van der Waals surface area contributed by atoms with E-state index >= 15 is 0 Å². The predicted octanol–water partition coefficient (Wildman–Crippen LogP) is 5.21. The van der Waals surface area contributed by atoms with Gasteiger partial charge >= 0.3 is 5.97 Å². The Morgan fingerprint density at radius 1 is 1.00 bits per heavy atom. The third kappa shape index (κ3) is 5.02. The van der Waals surface area contributed by atoms with Gasteiger partial charge in [-0.2, -0.15) is 0 Å². The zero-order chi connectivity index (χ0) is 26.2. The SMILES string of the molecule is Cc1cc2c(cc1C(CC(=O)O)c1ccc3ccc(OCC(=O)N[C@H]4C[C@@H]5CC[C@H]4C5)cc3c1)OCCO2. The van der Waals surface area contributed by atoms with Crippen LogP contribution in [0.1, 0.15) is 54.7 Å². The maximum Gasteiger partial charge on any atom is 0.304 e. The van der Waals surface area contributed by atoms with Crippen LogP contribution in [0, 0.1) is 18.8 Å². The number of carboxylic acids is 1. The lowest BCUT2D eigenvalue weighted by Crippen LogP contribution is -2.40. The number of benzene rings is 3. The first-order valence-electron chi connectivity index (χ1n) is 13.5. The molecule has 2 N–H and O–H groups in total. The Morgan fingerprint density at radius 2 is 1.79 bits per heavy atom. The van der Waals surface area contributed by atoms with Gasteiger partial charge in [0, 0.05) is 12.0 Å². The van der Waals surface area contributed by atoms with E-state index in [0.29, 0.717) is 42.4 Å². The first-order valence-corrected chi connectivity index (χ1v) is 13.5. The number of rotatable bonds is 8. The Labute approximate surface area is 222 Å². The zero-order valence-corrected chi connectivity index (χ0v) is 21.6. The molecule has 3 aliphatic rings. The van der Waals surface area contributed by atoms with Gasteiger partial charge in [0.05, 0.1) is 6.42 Å². The van der Waals surface area contributed by atoms with Gasteiger partial charge in [0.1, 0.15) is 19.0 Å². The predicted molar refractivity (Wildman–Crippen MR) is 143 cm³/mol. The van der Waals surface area contributed by atoms with Crippen LogP contribution >= 0.6 is 0 Å². The van der Waals surface area contributed by atoms with Crippen molar-refractivity contribution >= 4 is 22.6 Å². The standard InChI is InChI=1S/C31H33NO6/c1-18-10-28-29(37-9-8-36-28)15-25(18)26(16-31(34)35)21-5-4-20-6-7-24(14-23(20)13-21)38-17-30(33)32-27-12-19-2-3-22(27)11-19/h4-7,10,13-15,19,22,26-27H,2-3,8-9,11-12,16-17H2,1H3,(H,32,33)(H,34,35)/t19-,22+,26?,27+/m1/s1. The molecule has 2 fully saturated rings. The minimum absolute atomic E-state index is 0.0168. The monoisotopic (exact) mass is 515 g/mol. The smallest absolute Gasteiger partial charge is 0.304 e. The van der Waals surface area contributed by atoms with Crippen molar-refractivity contribution < 1.29 is 28.9 Å². The third-order valence-corrected chi connectivity index (χ3v) is 8.38. The second-order valence-corrected chi connectivity index (χ2v) is 10.9. The molecule has 1 unspecified atom stereocenters. The van der Waals surface area contributed by atoms with Crippen molar-refractivity contribution in [3.05, 3.63) is 65.2 Å². The average molecular weight is 516 g/mol. The van der Waals surface area contributed by atoms with Crippen LogP contribution in [0.15, 0.2) is 48.5 Å². The lowest BCUT2D eigenvalue weighted by atomic mass is 9.85. The highest BCUT2D eigenvalue weighted by atomic mass is 16.6. The maximum absolute atomic E-state index is 12.5. The fourth-order valence-electron chi connectivity index (χ4n) is 6.53. The van der Waals surface area contributed by atoms with Crippen LogP contribution in [-0.2, 0) is 9.59 Å². The van der Waals surface area contributed by atoms with Crippen molar-refractivity contribution in [3.63, 3.8) is 0 Å². The molecule has 3 aromatic rings. The molecule has 1 aliphatic heterocycles. The van der Waals surface area contributed by atoms with E-state index in [9.17, 15) is 14.7 Å². The molecule has 198 valence electrons. The fourth-order valence-corrected chi connectivity index (χ4v) is 6.53. The Morgan fingerprint density at radius 3 is 2.53 bits per heavy atom. The molecule has 2 saturated carbocycles. The van der Waals surface area contributed by atoms with Crippen molar-refractivity contribution in [1.82, 2.24) is 5.32 Å². The van der Waals surface area contributed by atoms with Gasteiger partial charge in [-0.25, -0.2) is 0 Å². The summed E-state index contributed by atoms with van der Waals surface area (Å²) >= 11 is 0. The Bertz CT molecular complexity index is 1380. The molecule has 38 heavy (non-hydrogen) atoms. The second kappa shape index (κ2) is 10.2. The van der Waals surface area contributed by atoms with E-state index in [4.69, 9.17) is 14.2 Å². The molecule has 3 aromatic carbocycles. The summed E-state index contributed by atoms with van der Waals surface area (Å²) in [6.07, 6.45) is 4.81. The van der Waals surface area contributed by atoms with Gasteiger partial charge in [0.2, 0.25) is 0 Å². The molecule has 7 nitrogen and oxygen atoms in total. The number of aliphatic carboxylic acids is 1. The van der Waals surface area contributed by atoms with E-state index < -0.39 is 5.97 Å². The molecule has 2 aliphatic carbocycles. The van der Waals surface area contributed by atoms with Gasteiger partial charge < -0.3 is 24.6 Å². The fraction of sp³-hybridized carbons (Fsp3) is 0.419. The number of hydrogen-bond donors (Lipinski definition) is 2. The molecule has 2 bridgehead atoms.